The molecule has 20 heavy (non-hydrogen) atoms. The maximum absolute atomic E-state index is 11.3. The maximum atomic E-state index is 11.3. The number of carboxylic acids is 1. The van der Waals surface area contributed by atoms with Crippen molar-refractivity contribution in [1.29, 1.82) is 0 Å². The summed E-state index contributed by atoms with van der Waals surface area (Å²) in [5, 5.41) is 13.1. The summed E-state index contributed by atoms with van der Waals surface area (Å²) in [5.41, 5.74) is 2.14. The lowest BCUT2D eigenvalue weighted by Crippen LogP contribution is -2.08. The van der Waals surface area contributed by atoms with Gasteiger partial charge in [0.05, 0.1) is 10.0 Å². The van der Waals surface area contributed by atoms with Gasteiger partial charge >= 0.3 is 5.97 Å². The van der Waals surface area contributed by atoms with E-state index in [4.69, 9.17) is 23.2 Å². The third-order valence-electron chi connectivity index (χ3n) is 2.74. The summed E-state index contributed by atoms with van der Waals surface area (Å²) in [4.78, 5) is 15.6. The molecule has 1 aromatic carbocycles. The normalized spacial score (nSPS) is 10.4. The standard InChI is InChI=1S/C14H12Cl2N2O2/c1-7-5-8(2)17-13(12(7)14(19)20)18-9-3-4-10(15)11(16)6-9/h3-6H,1-2H3,(H,17,18)(H,19,20). The monoisotopic (exact) mass is 310 g/mol. The van der Waals surface area contributed by atoms with Crippen LogP contribution >= 0.6 is 23.2 Å². The highest BCUT2D eigenvalue weighted by atomic mass is 35.5. The Hall–Kier alpha value is -1.78. The second-order valence-electron chi connectivity index (χ2n) is 4.36. The van der Waals surface area contributed by atoms with Crippen molar-refractivity contribution >= 4 is 40.7 Å². The molecular weight excluding hydrogens is 299 g/mol. The molecule has 0 bridgehead atoms. The van der Waals surface area contributed by atoms with Gasteiger partial charge in [-0.1, -0.05) is 23.2 Å². The average molecular weight is 311 g/mol. The van der Waals surface area contributed by atoms with Crippen molar-refractivity contribution in [2.75, 3.05) is 5.32 Å². The van der Waals surface area contributed by atoms with Crippen molar-refractivity contribution in [3.8, 4) is 0 Å². The smallest absolute Gasteiger partial charge is 0.339 e. The largest absolute Gasteiger partial charge is 0.478 e. The molecule has 0 aliphatic rings. The van der Waals surface area contributed by atoms with Crippen molar-refractivity contribution in [1.82, 2.24) is 4.98 Å². The molecule has 0 saturated carbocycles. The predicted molar refractivity (Wildman–Crippen MR) is 80.4 cm³/mol. The van der Waals surface area contributed by atoms with Gasteiger partial charge in [0.1, 0.15) is 11.4 Å². The Kier molecular flexibility index (Phi) is 4.16. The third kappa shape index (κ3) is 3.03. The summed E-state index contributed by atoms with van der Waals surface area (Å²) in [7, 11) is 0. The van der Waals surface area contributed by atoms with Crippen molar-refractivity contribution in [3.63, 3.8) is 0 Å². The van der Waals surface area contributed by atoms with Crippen LogP contribution in [0.1, 0.15) is 21.6 Å². The van der Waals surface area contributed by atoms with E-state index in [1.165, 1.54) is 0 Å². The number of anilines is 2. The van der Waals surface area contributed by atoms with Crippen LogP contribution in [0.2, 0.25) is 10.0 Å². The summed E-state index contributed by atoms with van der Waals surface area (Å²) >= 11 is 11.8. The van der Waals surface area contributed by atoms with Crippen molar-refractivity contribution in [3.05, 3.63) is 51.1 Å². The van der Waals surface area contributed by atoms with E-state index in [2.05, 4.69) is 10.3 Å². The van der Waals surface area contributed by atoms with Crippen LogP contribution in [-0.4, -0.2) is 16.1 Å². The molecule has 0 aliphatic heterocycles. The first kappa shape index (κ1) is 14.6. The van der Waals surface area contributed by atoms with Gasteiger partial charge in [-0.2, -0.15) is 0 Å². The number of aryl methyl sites for hydroxylation is 2. The Bertz CT molecular complexity index is 687. The highest BCUT2D eigenvalue weighted by molar-refractivity contribution is 6.42. The summed E-state index contributed by atoms with van der Waals surface area (Å²) in [6.45, 7) is 3.54. The van der Waals surface area contributed by atoms with Gasteiger partial charge in [0.15, 0.2) is 0 Å². The molecule has 2 rings (SSSR count). The number of pyridine rings is 1. The van der Waals surface area contributed by atoms with Crippen LogP contribution in [0, 0.1) is 13.8 Å². The van der Waals surface area contributed by atoms with E-state index in [0.29, 0.717) is 21.3 Å². The number of aromatic carboxylic acids is 1. The quantitative estimate of drug-likeness (QED) is 0.879. The molecule has 4 nitrogen and oxygen atoms in total. The van der Waals surface area contributed by atoms with Gasteiger partial charge in [0.25, 0.3) is 0 Å². The Balaban J connectivity index is 2.47. The molecule has 0 aliphatic carbocycles. The van der Waals surface area contributed by atoms with Gasteiger partial charge in [-0.25, -0.2) is 9.78 Å². The van der Waals surface area contributed by atoms with Crippen molar-refractivity contribution in [2.24, 2.45) is 0 Å². The number of carboxylic acid groups (broad SMARTS) is 1. The van der Waals surface area contributed by atoms with Crippen LogP contribution in [0.25, 0.3) is 0 Å². The van der Waals surface area contributed by atoms with Crippen LogP contribution in [0.5, 0.6) is 0 Å². The fourth-order valence-corrected chi connectivity index (χ4v) is 2.21. The van der Waals surface area contributed by atoms with Crippen LogP contribution in [0.3, 0.4) is 0 Å². The number of carbonyl (C=O) groups is 1. The summed E-state index contributed by atoms with van der Waals surface area (Å²) in [6, 6.07) is 6.69. The molecule has 2 N–H and O–H groups in total. The zero-order valence-corrected chi connectivity index (χ0v) is 12.4. The number of hydrogen-bond donors (Lipinski definition) is 2. The summed E-state index contributed by atoms with van der Waals surface area (Å²) < 4.78 is 0. The lowest BCUT2D eigenvalue weighted by molar-refractivity contribution is 0.0697. The van der Waals surface area contributed by atoms with Gasteiger partial charge in [-0.15, -0.1) is 0 Å². The van der Waals surface area contributed by atoms with Crippen molar-refractivity contribution < 1.29 is 9.90 Å². The van der Waals surface area contributed by atoms with Gasteiger partial charge in [0.2, 0.25) is 0 Å². The Morgan fingerprint density at radius 3 is 2.50 bits per heavy atom. The Morgan fingerprint density at radius 2 is 1.90 bits per heavy atom. The number of rotatable bonds is 3. The number of hydrogen-bond acceptors (Lipinski definition) is 3. The molecule has 0 unspecified atom stereocenters. The molecule has 104 valence electrons. The molecular formula is C14H12Cl2N2O2. The molecule has 0 spiro atoms. The van der Waals surface area contributed by atoms with Crippen LogP contribution in [0.4, 0.5) is 11.5 Å². The van der Waals surface area contributed by atoms with E-state index in [-0.39, 0.29) is 11.4 Å². The van der Waals surface area contributed by atoms with E-state index in [0.717, 1.165) is 5.69 Å². The molecule has 1 aromatic heterocycles. The first-order valence-corrected chi connectivity index (χ1v) is 6.57. The third-order valence-corrected chi connectivity index (χ3v) is 3.48. The zero-order chi connectivity index (χ0) is 14.9. The van der Waals surface area contributed by atoms with Crippen molar-refractivity contribution in [2.45, 2.75) is 13.8 Å². The zero-order valence-electron chi connectivity index (χ0n) is 10.9. The van der Waals surface area contributed by atoms with E-state index >= 15 is 0 Å². The fraction of sp³-hybridized carbons (Fsp3) is 0.143. The van der Waals surface area contributed by atoms with Crippen LogP contribution < -0.4 is 5.32 Å². The lowest BCUT2D eigenvalue weighted by atomic mass is 10.1. The molecule has 0 saturated heterocycles. The number of benzene rings is 1. The first-order chi connectivity index (χ1) is 9.38. The molecule has 0 radical (unpaired) electrons. The van der Waals surface area contributed by atoms with E-state index in [9.17, 15) is 9.90 Å². The molecule has 1 heterocycles. The minimum Gasteiger partial charge on any atom is -0.478 e. The molecule has 0 atom stereocenters. The number of halogens is 2. The predicted octanol–water partition coefficient (Wildman–Crippen LogP) is 4.45. The minimum absolute atomic E-state index is 0.140. The fourth-order valence-electron chi connectivity index (χ4n) is 1.91. The highest BCUT2D eigenvalue weighted by Crippen LogP contribution is 2.28. The van der Waals surface area contributed by atoms with E-state index in [1.807, 2.05) is 0 Å². The number of nitrogens with one attached hydrogen (secondary N) is 1. The highest BCUT2D eigenvalue weighted by Gasteiger charge is 2.16. The average Bonchev–Trinajstić information content (AvgIpc) is 2.32. The Labute approximate surface area is 126 Å². The van der Waals surface area contributed by atoms with Crippen LogP contribution in [0.15, 0.2) is 24.3 Å². The van der Waals surface area contributed by atoms with Gasteiger partial charge < -0.3 is 10.4 Å². The Morgan fingerprint density at radius 1 is 1.20 bits per heavy atom. The second-order valence-corrected chi connectivity index (χ2v) is 5.18. The molecule has 0 amide bonds. The maximum Gasteiger partial charge on any atom is 0.339 e. The minimum atomic E-state index is -1.03. The topological polar surface area (TPSA) is 62.2 Å². The second kappa shape index (κ2) is 5.69. The lowest BCUT2D eigenvalue weighted by Gasteiger charge is -2.12. The van der Waals surface area contributed by atoms with Gasteiger partial charge in [0, 0.05) is 11.4 Å². The summed E-state index contributed by atoms with van der Waals surface area (Å²) in [6.07, 6.45) is 0. The number of aromatic nitrogens is 1. The van der Waals surface area contributed by atoms with E-state index in [1.54, 1.807) is 38.1 Å². The first-order valence-electron chi connectivity index (χ1n) is 5.82. The van der Waals surface area contributed by atoms with Gasteiger partial charge in [-0.05, 0) is 43.7 Å². The molecule has 0 fully saturated rings. The van der Waals surface area contributed by atoms with Gasteiger partial charge in [-0.3, -0.25) is 0 Å². The van der Waals surface area contributed by atoms with E-state index < -0.39 is 5.97 Å². The summed E-state index contributed by atoms with van der Waals surface area (Å²) in [5.74, 6) is -0.744. The number of nitrogens with zero attached hydrogens (tertiary/aromatic N) is 1. The molecule has 2 aromatic rings. The molecule has 6 heteroatoms. The van der Waals surface area contributed by atoms with Crippen LogP contribution in [-0.2, 0) is 0 Å². The SMILES string of the molecule is Cc1cc(C)c(C(=O)O)c(Nc2ccc(Cl)c(Cl)c2)n1.